The van der Waals surface area contributed by atoms with Gasteiger partial charge in [-0.3, -0.25) is 4.79 Å². The molecule has 17 heavy (non-hydrogen) atoms. The predicted molar refractivity (Wildman–Crippen MR) is 69.2 cm³/mol. The van der Waals surface area contributed by atoms with Gasteiger partial charge in [-0.15, -0.1) is 0 Å². The van der Waals surface area contributed by atoms with Crippen LogP contribution in [0, 0.1) is 0 Å². The van der Waals surface area contributed by atoms with Crippen molar-refractivity contribution in [1.82, 2.24) is 5.32 Å². The minimum atomic E-state index is -0.483. The molecular weight excluding hydrogens is 216 g/mol. The molecule has 0 bridgehead atoms. The number of hydrogen-bond acceptors (Lipinski definition) is 3. The van der Waals surface area contributed by atoms with E-state index in [-0.39, 0.29) is 12.5 Å². The number of amides is 1. The lowest BCUT2D eigenvalue weighted by Gasteiger charge is -2.07. The topological polar surface area (TPSA) is 75.3 Å². The smallest absolute Gasteiger partial charge is 0.244 e. The molecule has 1 atom stereocenters. The predicted octanol–water partition coefficient (Wildman–Crippen LogP) is 1.17. The summed E-state index contributed by atoms with van der Waals surface area (Å²) in [5.74, 6) is -0.214. The van der Waals surface area contributed by atoms with E-state index >= 15 is 0 Å². The Labute approximate surface area is 101 Å². The van der Waals surface area contributed by atoms with E-state index in [4.69, 9.17) is 5.73 Å². The van der Waals surface area contributed by atoms with Crippen LogP contribution in [0.25, 0.3) is 6.08 Å². The van der Waals surface area contributed by atoms with Gasteiger partial charge in [-0.1, -0.05) is 19.1 Å². The first-order valence-electron chi connectivity index (χ1n) is 5.61. The van der Waals surface area contributed by atoms with Gasteiger partial charge in [0.2, 0.25) is 5.91 Å². The Morgan fingerprint density at radius 2 is 2.12 bits per heavy atom. The van der Waals surface area contributed by atoms with Crippen molar-refractivity contribution in [2.45, 2.75) is 19.4 Å². The molecule has 1 unspecified atom stereocenters. The van der Waals surface area contributed by atoms with Gasteiger partial charge in [0.05, 0.1) is 6.10 Å². The van der Waals surface area contributed by atoms with Crippen LogP contribution in [0.1, 0.15) is 18.9 Å². The molecule has 92 valence electrons. The highest BCUT2D eigenvalue weighted by Crippen LogP contribution is 2.06. The fourth-order valence-corrected chi connectivity index (χ4v) is 1.20. The molecule has 0 aliphatic heterocycles. The van der Waals surface area contributed by atoms with Crippen molar-refractivity contribution in [2.24, 2.45) is 0 Å². The maximum absolute atomic E-state index is 11.4. The number of carbonyl (C=O) groups is 1. The first-order chi connectivity index (χ1) is 8.11. The van der Waals surface area contributed by atoms with Gasteiger partial charge >= 0.3 is 0 Å². The number of rotatable bonds is 5. The van der Waals surface area contributed by atoms with Crippen LogP contribution in [-0.4, -0.2) is 23.7 Å². The molecule has 0 radical (unpaired) electrons. The Morgan fingerprint density at radius 1 is 1.47 bits per heavy atom. The summed E-state index contributed by atoms with van der Waals surface area (Å²) in [5, 5.41) is 11.9. The lowest BCUT2D eigenvalue weighted by Crippen LogP contribution is -2.30. The van der Waals surface area contributed by atoms with Crippen LogP contribution in [0.4, 0.5) is 5.69 Å². The Kier molecular flexibility index (Phi) is 5.23. The Bertz CT molecular complexity index is 385. The second-order valence-corrected chi connectivity index (χ2v) is 3.81. The van der Waals surface area contributed by atoms with Gasteiger partial charge in [-0.05, 0) is 30.2 Å². The van der Waals surface area contributed by atoms with Gasteiger partial charge in [-0.25, -0.2) is 0 Å². The van der Waals surface area contributed by atoms with E-state index in [2.05, 4.69) is 5.32 Å². The van der Waals surface area contributed by atoms with Crippen LogP contribution in [0.2, 0.25) is 0 Å². The zero-order valence-corrected chi connectivity index (χ0v) is 9.89. The molecule has 0 saturated carbocycles. The molecule has 1 aromatic carbocycles. The van der Waals surface area contributed by atoms with Crippen molar-refractivity contribution in [2.75, 3.05) is 12.3 Å². The number of aliphatic hydroxyl groups excluding tert-OH is 1. The second kappa shape index (κ2) is 6.70. The molecule has 0 saturated heterocycles. The van der Waals surface area contributed by atoms with Crippen LogP contribution in [0.3, 0.4) is 0 Å². The lowest BCUT2D eigenvalue weighted by molar-refractivity contribution is -0.116. The van der Waals surface area contributed by atoms with E-state index in [1.165, 1.54) is 6.08 Å². The summed E-state index contributed by atoms with van der Waals surface area (Å²) in [7, 11) is 0. The van der Waals surface area contributed by atoms with Gasteiger partial charge in [-0.2, -0.15) is 0 Å². The quantitative estimate of drug-likeness (QED) is 0.529. The summed E-state index contributed by atoms with van der Waals surface area (Å²) < 4.78 is 0. The number of nitrogen functional groups attached to an aromatic ring is 1. The van der Waals surface area contributed by atoms with Crippen molar-refractivity contribution in [3.8, 4) is 0 Å². The average Bonchev–Trinajstić information content (AvgIpc) is 2.35. The van der Waals surface area contributed by atoms with Gasteiger partial charge in [0.25, 0.3) is 0 Å². The van der Waals surface area contributed by atoms with Crippen molar-refractivity contribution in [1.29, 1.82) is 0 Å². The number of benzene rings is 1. The van der Waals surface area contributed by atoms with Crippen molar-refractivity contribution in [3.63, 3.8) is 0 Å². The monoisotopic (exact) mass is 234 g/mol. The Balaban J connectivity index is 2.42. The summed E-state index contributed by atoms with van der Waals surface area (Å²) in [6.07, 6.45) is 3.28. The molecule has 1 aromatic rings. The molecular formula is C13H18N2O2. The number of nitrogens with one attached hydrogen (secondary N) is 1. The highest BCUT2D eigenvalue weighted by molar-refractivity contribution is 5.91. The molecule has 4 nitrogen and oxygen atoms in total. The van der Waals surface area contributed by atoms with Gasteiger partial charge < -0.3 is 16.2 Å². The third-order valence-electron chi connectivity index (χ3n) is 2.35. The highest BCUT2D eigenvalue weighted by Gasteiger charge is 2.01. The van der Waals surface area contributed by atoms with Crippen LogP contribution in [0.5, 0.6) is 0 Å². The molecule has 0 spiro atoms. The molecule has 1 amide bonds. The molecule has 4 N–H and O–H groups in total. The molecule has 4 heteroatoms. The van der Waals surface area contributed by atoms with Crippen LogP contribution in [0.15, 0.2) is 30.3 Å². The number of hydrogen-bond donors (Lipinski definition) is 3. The zero-order chi connectivity index (χ0) is 12.7. The molecule has 0 heterocycles. The van der Waals surface area contributed by atoms with E-state index in [9.17, 15) is 9.90 Å². The fourth-order valence-electron chi connectivity index (χ4n) is 1.20. The number of carbonyl (C=O) groups excluding carboxylic acids is 1. The van der Waals surface area contributed by atoms with Crippen molar-refractivity contribution in [3.05, 3.63) is 35.9 Å². The molecule has 0 aliphatic carbocycles. The highest BCUT2D eigenvalue weighted by atomic mass is 16.3. The first-order valence-corrected chi connectivity index (χ1v) is 5.61. The van der Waals surface area contributed by atoms with Gasteiger partial charge in [0.1, 0.15) is 0 Å². The first kappa shape index (κ1) is 13.3. The molecule has 0 fully saturated rings. The zero-order valence-electron chi connectivity index (χ0n) is 9.89. The summed E-state index contributed by atoms with van der Waals surface area (Å²) in [4.78, 5) is 11.4. The van der Waals surface area contributed by atoms with Gasteiger partial charge in [0, 0.05) is 18.3 Å². The second-order valence-electron chi connectivity index (χ2n) is 3.81. The van der Waals surface area contributed by atoms with Crippen LogP contribution in [-0.2, 0) is 4.79 Å². The van der Waals surface area contributed by atoms with Crippen molar-refractivity contribution < 1.29 is 9.90 Å². The van der Waals surface area contributed by atoms with E-state index < -0.39 is 6.10 Å². The van der Waals surface area contributed by atoms with E-state index in [1.807, 2.05) is 19.1 Å². The van der Waals surface area contributed by atoms with E-state index in [0.717, 1.165) is 5.56 Å². The lowest BCUT2D eigenvalue weighted by atomic mass is 10.2. The minimum absolute atomic E-state index is 0.214. The summed E-state index contributed by atoms with van der Waals surface area (Å²) >= 11 is 0. The standard InChI is InChI=1S/C13H18N2O2/c1-2-12(16)9-15-13(17)8-5-10-3-6-11(14)7-4-10/h3-8,12,16H,2,9,14H2,1H3,(H,15,17)/b8-5+. The Morgan fingerprint density at radius 3 is 2.71 bits per heavy atom. The van der Waals surface area contributed by atoms with E-state index in [0.29, 0.717) is 12.1 Å². The fraction of sp³-hybridized carbons (Fsp3) is 0.308. The average molecular weight is 234 g/mol. The minimum Gasteiger partial charge on any atom is -0.399 e. The van der Waals surface area contributed by atoms with E-state index in [1.54, 1.807) is 18.2 Å². The summed E-state index contributed by atoms with van der Waals surface area (Å²) in [5.41, 5.74) is 7.15. The maximum atomic E-state index is 11.4. The Hall–Kier alpha value is -1.81. The summed E-state index contributed by atoms with van der Waals surface area (Å²) in [6.45, 7) is 2.14. The molecule has 0 aromatic heterocycles. The van der Waals surface area contributed by atoms with Gasteiger partial charge in [0.15, 0.2) is 0 Å². The maximum Gasteiger partial charge on any atom is 0.244 e. The molecule has 0 aliphatic rings. The number of anilines is 1. The molecule has 1 rings (SSSR count). The van der Waals surface area contributed by atoms with Crippen LogP contribution >= 0.6 is 0 Å². The third kappa shape index (κ3) is 5.17. The van der Waals surface area contributed by atoms with Crippen molar-refractivity contribution >= 4 is 17.7 Å². The SMILES string of the molecule is CCC(O)CNC(=O)/C=C/c1ccc(N)cc1. The normalized spacial score (nSPS) is 12.6. The number of nitrogens with two attached hydrogens (primary N) is 1. The van der Waals surface area contributed by atoms with Crippen LogP contribution < -0.4 is 11.1 Å². The summed E-state index contributed by atoms with van der Waals surface area (Å²) in [6, 6.07) is 7.22. The largest absolute Gasteiger partial charge is 0.399 e. The number of aliphatic hydroxyl groups is 1. The third-order valence-corrected chi connectivity index (χ3v) is 2.35.